The highest BCUT2D eigenvalue weighted by Crippen LogP contribution is 2.25. The third-order valence-electron chi connectivity index (χ3n) is 4.14. The molecule has 3 N–H and O–H groups in total. The van der Waals surface area contributed by atoms with E-state index in [9.17, 15) is 9.59 Å². The van der Waals surface area contributed by atoms with Crippen molar-refractivity contribution in [3.63, 3.8) is 0 Å². The molecule has 3 atom stereocenters. The summed E-state index contributed by atoms with van der Waals surface area (Å²) in [5, 5.41) is 15.2. The lowest BCUT2D eigenvalue weighted by Gasteiger charge is -2.26. The van der Waals surface area contributed by atoms with Crippen molar-refractivity contribution >= 4 is 11.9 Å². The Hall–Kier alpha value is -2.14. The molecule has 110 valence electrons. The average molecular weight is 286 g/mol. The average Bonchev–Trinajstić information content (AvgIpc) is 2.95. The Morgan fingerprint density at radius 1 is 1.24 bits per heavy atom. The van der Waals surface area contributed by atoms with Crippen molar-refractivity contribution in [1.82, 2.24) is 10.6 Å². The second-order valence-electron chi connectivity index (χ2n) is 5.56. The van der Waals surface area contributed by atoms with E-state index in [0.717, 1.165) is 17.7 Å². The van der Waals surface area contributed by atoms with Gasteiger partial charge in [0.05, 0.1) is 11.8 Å². The molecule has 5 heteroatoms. The predicted octanol–water partition coefficient (Wildman–Crippen LogP) is 1.02. The monoisotopic (exact) mass is 286 g/mol. The van der Waals surface area contributed by atoms with Gasteiger partial charge in [-0.15, -0.1) is 0 Å². The first kappa shape index (κ1) is 13.8. The Kier molecular flexibility index (Phi) is 3.75. The molecule has 0 aromatic heterocycles. The van der Waals surface area contributed by atoms with Crippen LogP contribution in [0.2, 0.25) is 0 Å². The Morgan fingerprint density at radius 3 is 2.81 bits per heavy atom. The summed E-state index contributed by atoms with van der Waals surface area (Å²) in [5.41, 5.74) is 2.21. The van der Waals surface area contributed by atoms with Crippen LogP contribution < -0.4 is 10.6 Å². The third kappa shape index (κ3) is 2.83. The first-order valence-corrected chi connectivity index (χ1v) is 7.15. The summed E-state index contributed by atoms with van der Waals surface area (Å²) in [5.74, 6) is -1.60. The molecule has 0 fully saturated rings. The zero-order valence-electron chi connectivity index (χ0n) is 11.6. The molecule has 3 rings (SSSR count). The molecule has 0 bridgehead atoms. The topological polar surface area (TPSA) is 78.4 Å². The van der Waals surface area contributed by atoms with Gasteiger partial charge in [0.2, 0.25) is 5.91 Å². The first-order valence-electron chi connectivity index (χ1n) is 7.15. The molecule has 1 aliphatic carbocycles. The lowest BCUT2D eigenvalue weighted by Crippen LogP contribution is -2.42. The van der Waals surface area contributed by atoms with Gasteiger partial charge in [0.1, 0.15) is 0 Å². The number of carbonyl (C=O) groups excluding carboxylic acids is 1. The molecule has 0 saturated carbocycles. The minimum absolute atomic E-state index is 0.0460. The Morgan fingerprint density at radius 2 is 2.05 bits per heavy atom. The van der Waals surface area contributed by atoms with Crippen molar-refractivity contribution in [2.75, 3.05) is 6.54 Å². The summed E-state index contributed by atoms with van der Waals surface area (Å²) in [4.78, 5) is 23.4. The van der Waals surface area contributed by atoms with Crippen LogP contribution in [0.4, 0.5) is 0 Å². The molecule has 1 heterocycles. The Balaban J connectivity index is 1.68. The Labute approximate surface area is 123 Å². The van der Waals surface area contributed by atoms with Gasteiger partial charge < -0.3 is 15.7 Å². The number of fused-ring (bicyclic) bond motifs is 1. The number of rotatable bonds is 3. The van der Waals surface area contributed by atoms with E-state index in [-0.39, 0.29) is 17.9 Å². The van der Waals surface area contributed by atoms with Crippen LogP contribution in [0.15, 0.2) is 36.4 Å². The molecule has 0 saturated heterocycles. The lowest BCUT2D eigenvalue weighted by atomic mass is 9.90. The van der Waals surface area contributed by atoms with E-state index < -0.39 is 11.9 Å². The molecule has 0 radical (unpaired) electrons. The fourth-order valence-electron chi connectivity index (χ4n) is 3.00. The van der Waals surface area contributed by atoms with Crippen LogP contribution in [-0.4, -0.2) is 29.6 Å². The van der Waals surface area contributed by atoms with E-state index in [1.807, 2.05) is 24.3 Å². The number of nitrogens with one attached hydrogen (secondary N) is 2. The zero-order chi connectivity index (χ0) is 14.8. The van der Waals surface area contributed by atoms with Gasteiger partial charge in [-0.1, -0.05) is 36.4 Å². The van der Waals surface area contributed by atoms with Crippen LogP contribution in [0.1, 0.15) is 23.5 Å². The molecule has 1 amide bonds. The van der Waals surface area contributed by atoms with E-state index in [1.165, 1.54) is 0 Å². The summed E-state index contributed by atoms with van der Waals surface area (Å²) in [6.07, 6.45) is 3.86. The van der Waals surface area contributed by atoms with Crippen LogP contribution in [-0.2, 0) is 16.1 Å². The quantitative estimate of drug-likeness (QED) is 0.725. The van der Waals surface area contributed by atoms with Crippen LogP contribution in [0.5, 0.6) is 0 Å². The first-order chi connectivity index (χ1) is 10.1. The summed E-state index contributed by atoms with van der Waals surface area (Å²) in [6.45, 7) is 1.39. The third-order valence-corrected chi connectivity index (χ3v) is 4.14. The van der Waals surface area contributed by atoms with E-state index in [4.69, 9.17) is 5.11 Å². The van der Waals surface area contributed by atoms with Gasteiger partial charge in [-0.2, -0.15) is 0 Å². The van der Waals surface area contributed by atoms with Gasteiger partial charge in [0.15, 0.2) is 0 Å². The molecule has 21 heavy (non-hydrogen) atoms. The highest BCUT2D eigenvalue weighted by atomic mass is 16.4. The Bertz CT molecular complexity index is 597. The summed E-state index contributed by atoms with van der Waals surface area (Å²) >= 11 is 0. The maximum absolute atomic E-state index is 12.5. The molecule has 0 spiro atoms. The minimum Gasteiger partial charge on any atom is -0.481 e. The number of hydrogen-bond donors (Lipinski definition) is 3. The second-order valence-corrected chi connectivity index (χ2v) is 5.56. The zero-order valence-corrected chi connectivity index (χ0v) is 11.6. The van der Waals surface area contributed by atoms with Gasteiger partial charge in [-0.3, -0.25) is 9.59 Å². The van der Waals surface area contributed by atoms with Crippen LogP contribution in [0.3, 0.4) is 0 Å². The van der Waals surface area contributed by atoms with Gasteiger partial charge >= 0.3 is 5.97 Å². The number of hydrogen-bond acceptors (Lipinski definition) is 3. The fourth-order valence-corrected chi connectivity index (χ4v) is 3.00. The molecule has 1 aromatic rings. The molecular weight excluding hydrogens is 268 g/mol. The van der Waals surface area contributed by atoms with E-state index in [2.05, 4.69) is 10.6 Å². The van der Waals surface area contributed by atoms with Crippen LogP contribution in [0, 0.1) is 5.92 Å². The van der Waals surface area contributed by atoms with E-state index in [0.29, 0.717) is 13.0 Å². The number of carbonyl (C=O) groups is 2. The molecule has 2 aliphatic rings. The number of benzene rings is 1. The maximum atomic E-state index is 12.5. The van der Waals surface area contributed by atoms with Crippen molar-refractivity contribution in [2.24, 2.45) is 5.92 Å². The van der Waals surface area contributed by atoms with Gasteiger partial charge in [0, 0.05) is 19.1 Å². The SMILES string of the molecule is O=C(O)C1C=CC(NC(=O)C2CNCc3ccccc32)C1. The number of carboxylic acid groups (broad SMARTS) is 1. The summed E-state index contributed by atoms with van der Waals surface area (Å²) in [6, 6.07) is 7.74. The number of aliphatic carboxylic acids is 1. The molecule has 1 aromatic carbocycles. The highest BCUT2D eigenvalue weighted by molar-refractivity contribution is 5.85. The van der Waals surface area contributed by atoms with Crippen LogP contribution in [0.25, 0.3) is 0 Å². The number of amides is 1. The van der Waals surface area contributed by atoms with Crippen LogP contribution >= 0.6 is 0 Å². The predicted molar refractivity (Wildman–Crippen MR) is 77.7 cm³/mol. The molecule has 1 aliphatic heterocycles. The van der Waals surface area contributed by atoms with E-state index in [1.54, 1.807) is 12.2 Å². The normalized spacial score (nSPS) is 27.1. The minimum atomic E-state index is -0.840. The lowest BCUT2D eigenvalue weighted by molar-refractivity contribution is -0.140. The summed E-state index contributed by atoms with van der Waals surface area (Å²) < 4.78 is 0. The van der Waals surface area contributed by atoms with Crippen molar-refractivity contribution in [3.05, 3.63) is 47.5 Å². The fraction of sp³-hybridized carbons (Fsp3) is 0.375. The number of carboxylic acids is 1. The van der Waals surface area contributed by atoms with Crippen molar-refractivity contribution in [3.8, 4) is 0 Å². The van der Waals surface area contributed by atoms with Gasteiger partial charge in [-0.25, -0.2) is 0 Å². The smallest absolute Gasteiger partial charge is 0.310 e. The molecule has 3 unspecified atom stereocenters. The van der Waals surface area contributed by atoms with Gasteiger partial charge in [0.25, 0.3) is 0 Å². The van der Waals surface area contributed by atoms with Gasteiger partial charge in [-0.05, 0) is 17.5 Å². The largest absolute Gasteiger partial charge is 0.481 e. The second kappa shape index (κ2) is 5.69. The van der Waals surface area contributed by atoms with E-state index >= 15 is 0 Å². The highest BCUT2D eigenvalue weighted by Gasteiger charge is 2.30. The standard InChI is InChI=1S/C16H18N2O3/c19-15(18-12-6-5-10(7-12)16(20)21)14-9-17-8-11-3-1-2-4-13(11)14/h1-6,10,12,14,17H,7-9H2,(H,18,19)(H,20,21). The maximum Gasteiger partial charge on any atom is 0.310 e. The van der Waals surface area contributed by atoms with Crippen molar-refractivity contribution in [2.45, 2.75) is 24.9 Å². The van der Waals surface area contributed by atoms with Crippen molar-refractivity contribution < 1.29 is 14.7 Å². The summed E-state index contributed by atoms with van der Waals surface area (Å²) in [7, 11) is 0. The van der Waals surface area contributed by atoms with Crippen molar-refractivity contribution in [1.29, 1.82) is 0 Å². The molecule has 5 nitrogen and oxygen atoms in total. The molecular formula is C16H18N2O3.